The summed E-state index contributed by atoms with van der Waals surface area (Å²) in [4.78, 5) is 0. The van der Waals surface area contributed by atoms with E-state index < -0.39 is 6.10 Å². The quantitative estimate of drug-likeness (QED) is 0.612. The molecule has 0 radical (unpaired) electrons. The summed E-state index contributed by atoms with van der Waals surface area (Å²) in [6.45, 7) is 13.3. The zero-order chi connectivity index (χ0) is 18.4. The predicted molar refractivity (Wildman–Crippen MR) is 104 cm³/mol. The van der Waals surface area contributed by atoms with Gasteiger partial charge in [-0.1, -0.05) is 77.9 Å². The monoisotopic (exact) mass is 336 g/mol. The van der Waals surface area contributed by atoms with Crippen LogP contribution in [0, 0.1) is 0 Å². The SMILES string of the molecule is CC(C)(C)c1cc(C(C)(C)C)c2oc([C@H](O)c3ccccc3)cc2c1. The first-order chi connectivity index (χ1) is 11.6. The van der Waals surface area contributed by atoms with Gasteiger partial charge in [-0.15, -0.1) is 0 Å². The minimum absolute atomic E-state index is 0.0354. The van der Waals surface area contributed by atoms with E-state index in [2.05, 4.69) is 53.7 Å². The maximum Gasteiger partial charge on any atom is 0.138 e. The molecule has 0 saturated heterocycles. The van der Waals surface area contributed by atoms with E-state index in [1.54, 1.807) is 0 Å². The number of furan rings is 1. The van der Waals surface area contributed by atoms with Gasteiger partial charge in [0.25, 0.3) is 0 Å². The second-order valence-electron chi connectivity index (χ2n) is 8.90. The molecule has 3 rings (SSSR count). The molecule has 2 aromatic carbocycles. The highest BCUT2D eigenvalue weighted by atomic mass is 16.4. The van der Waals surface area contributed by atoms with Crippen molar-refractivity contribution in [1.29, 1.82) is 0 Å². The molecule has 0 unspecified atom stereocenters. The van der Waals surface area contributed by atoms with Crippen LogP contribution in [0.15, 0.2) is 52.9 Å². The molecule has 0 bridgehead atoms. The Labute approximate surface area is 150 Å². The lowest BCUT2D eigenvalue weighted by Crippen LogP contribution is -2.16. The molecule has 0 aliphatic heterocycles. The fourth-order valence-corrected chi connectivity index (χ4v) is 3.10. The minimum atomic E-state index is -0.750. The normalized spacial score (nSPS) is 14.0. The molecule has 25 heavy (non-hydrogen) atoms. The average molecular weight is 336 g/mol. The summed E-state index contributed by atoms with van der Waals surface area (Å²) >= 11 is 0. The minimum Gasteiger partial charge on any atom is -0.458 e. The fourth-order valence-electron chi connectivity index (χ4n) is 3.10. The van der Waals surface area contributed by atoms with Gasteiger partial charge in [-0.25, -0.2) is 0 Å². The third kappa shape index (κ3) is 3.50. The first kappa shape index (κ1) is 17.8. The molecule has 0 spiro atoms. The Morgan fingerprint density at radius 2 is 1.48 bits per heavy atom. The van der Waals surface area contributed by atoms with Gasteiger partial charge >= 0.3 is 0 Å². The summed E-state index contributed by atoms with van der Waals surface area (Å²) in [7, 11) is 0. The Bertz CT molecular complexity index is 874. The van der Waals surface area contributed by atoms with Gasteiger partial charge in [0.05, 0.1) is 0 Å². The maximum atomic E-state index is 10.7. The predicted octanol–water partition coefficient (Wildman–Crippen LogP) is 6.11. The Hall–Kier alpha value is -2.06. The molecule has 2 nitrogen and oxygen atoms in total. The fraction of sp³-hybridized carbons (Fsp3) is 0.391. The van der Waals surface area contributed by atoms with Gasteiger partial charge in [0.2, 0.25) is 0 Å². The third-order valence-electron chi connectivity index (χ3n) is 4.69. The van der Waals surface area contributed by atoms with Gasteiger partial charge in [0, 0.05) is 10.9 Å². The average Bonchev–Trinajstić information content (AvgIpc) is 2.96. The number of fused-ring (bicyclic) bond motifs is 1. The summed E-state index contributed by atoms with van der Waals surface area (Å²) in [5.74, 6) is 0.595. The molecule has 0 amide bonds. The van der Waals surface area contributed by atoms with Crippen LogP contribution in [0.4, 0.5) is 0 Å². The van der Waals surface area contributed by atoms with Crippen LogP contribution in [0.1, 0.15) is 70.1 Å². The van der Waals surface area contributed by atoms with Crippen molar-refractivity contribution in [3.8, 4) is 0 Å². The van der Waals surface area contributed by atoms with E-state index in [4.69, 9.17) is 4.42 Å². The topological polar surface area (TPSA) is 33.4 Å². The molecule has 2 heteroatoms. The number of aliphatic hydroxyl groups is 1. The van der Waals surface area contributed by atoms with Crippen molar-refractivity contribution in [3.63, 3.8) is 0 Å². The highest BCUT2D eigenvalue weighted by Crippen LogP contribution is 2.38. The molecular weight excluding hydrogens is 308 g/mol. The molecule has 1 aromatic heterocycles. The highest BCUT2D eigenvalue weighted by Gasteiger charge is 2.25. The molecule has 3 aromatic rings. The number of hydrogen-bond acceptors (Lipinski definition) is 2. The van der Waals surface area contributed by atoms with Crippen LogP contribution in [0.5, 0.6) is 0 Å². The lowest BCUT2D eigenvalue weighted by atomic mass is 9.80. The van der Waals surface area contributed by atoms with Crippen molar-refractivity contribution in [2.75, 3.05) is 0 Å². The van der Waals surface area contributed by atoms with E-state index in [0.717, 1.165) is 16.5 Å². The molecule has 0 aliphatic rings. The second-order valence-corrected chi connectivity index (χ2v) is 8.90. The van der Waals surface area contributed by atoms with E-state index in [1.807, 2.05) is 36.4 Å². The van der Waals surface area contributed by atoms with Crippen molar-refractivity contribution in [2.45, 2.75) is 58.5 Å². The molecule has 0 fully saturated rings. The Morgan fingerprint density at radius 1 is 0.840 bits per heavy atom. The van der Waals surface area contributed by atoms with Gasteiger partial charge in [-0.2, -0.15) is 0 Å². The van der Waals surface area contributed by atoms with Crippen molar-refractivity contribution in [3.05, 3.63) is 71.0 Å². The lowest BCUT2D eigenvalue weighted by Gasteiger charge is -2.25. The first-order valence-corrected chi connectivity index (χ1v) is 8.89. The van der Waals surface area contributed by atoms with Gasteiger partial charge in [0.1, 0.15) is 17.4 Å². The van der Waals surface area contributed by atoms with Gasteiger partial charge in [-0.05, 0) is 34.1 Å². The zero-order valence-electron chi connectivity index (χ0n) is 16.1. The van der Waals surface area contributed by atoms with Crippen molar-refractivity contribution in [1.82, 2.24) is 0 Å². The van der Waals surface area contributed by atoms with E-state index in [-0.39, 0.29) is 10.8 Å². The van der Waals surface area contributed by atoms with E-state index in [1.165, 1.54) is 11.1 Å². The number of benzene rings is 2. The summed E-state index contributed by atoms with van der Waals surface area (Å²) in [5.41, 5.74) is 4.21. The summed E-state index contributed by atoms with van der Waals surface area (Å²) in [6, 6.07) is 16.1. The zero-order valence-corrected chi connectivity index (χ0v) is 16.1. The molecule has 132 valence electrons. The second kappa shape index (κ2) is 6.03. The first-order valence-electron chi connectivity index (χ1n) is 8.89. The van der Waals surface area contributed by atoms with Crippen LogP contribution in [0.2, 0.25) is 0 Å². The number of aliphatic hydroxyl groups excluding tert-OH is 1. The van der Waals surface area contributed by atoms with Crippen LogP contribution >= 0.6 is 0 Å². The van der Waals surface area contributed by atoms with E-state index >= 15 is 0 Å². The van der Waals surface area contributed by atoms with E-state index in [0.29, 0.717) is 5.76 Å². The van der Waals surface area contributed by atoms with Crippen molar-refractivity contribution >= 4 is 11.0 Å². The van der Waals surface area contributed by atoms with Gasteiger partial charge in [0.15, 0.2) is 0 Å². The van der Waals surface area contributed by atoms with Crippen LogP contribution in [-0.4, -0.2) is 5.11 Å². The maximum absolute atomic E-state index is 10.7. The highest BCUT2D eigenvalue weighted by molar-refractivity contribution is 5.83. The molecule has 0 saturated carbocycles. The smallest absolute Gasteiger partial charge is 0.138 e. The third-order valence-corrected chi connectivity index (χ3v) is 4.69. The van der Waals surface area contributed by atoms with Gasteiger partial charge < -0.3 is 9.52 Å². The van der Waals surface area contributed by atoms with Crippen LogP contribution in [-0.2, 0) is 10.8 Å². The molecule has 0 aliphatic carbocycles. The largest absolute Gasteiger partial charge is 0.458 e. The van der Waals surface area contributed by atoms with Crippen LogP contribution in [0.25, 0.3) is 11.0 Å². The Kier molecular flexibility index (Phi) is 4.28. The molecule has 1 atom stereocenters. The molecular formula is C23H28O2. The Morgan fingerprint density at radius 3 is 2.04 bits per heavy atom. The summed E-state index contributed by atoms with van der Waals surface area (Å²) < 4.78 is 6.16. The summed E-state index contributed by atoms with van der Waals surface area (Å²) in [5, 5.41) is 11.8. The van der Waals surface area contributed by atoms with E-state index in [9.17, 15) is 5.11 Å². The van der Waals surface area contributed by atoms with Crippen LogP contribution in [0.3, 0.4) is 0 Å². The standard InChI is InChI=1S/C23H28O2/c1-22(2,3)17-12-16-13-19(20(24)15-10-8-7-9-11-15)25-21(16)18(14-17)23(4,5)6/h7-14,20,24H,1-6H3/t20-/m1/s1. The summed E-state index contributed by atoms with van der Waals surface area (Å²) in [6.07, 6.45) is -0.750. The molecule has 1 heterocycles. The number of hydrogen-bond donors (Lipinski definition) is 1. The van der Waals surface area contributed by atoms with Gasteiger partial charge in [-0.3, -0.25) is 0 Å². The number of rotatable bonds is 2. The van der Waals surface area contributed by atoms with Crippen molar-refractivity contribution in [2.24, 2.45) is 0 Å². The molecule has 1 N–H and O–H groups in total. The Balaban J connectivity index is 2.19. The van der Waals surface area contributed by atoms with Crippen LogP contribution < -0.4 is 0 Å². The lowest BCUT2D eigenvalue weighted by molar-refractivity contribution is 0.192. The van der Waals surface area contributed by atoms with Crippen molar-refractivity contribution < 1.29 is 9.52 Å².